The Morgan fingerprint density at radius 1 is 1.23 bits per heavy atom. The van der Waals surface area contributed by atoms with E-state index in [1.165, 1.54) is 12.1 Å². The largest absolute Gasteiger partial charge is 0.416 e. The fourth-order valence-corrected chi connectivity index (χ4v) is 3.95. The molecule has 31 heavy (non-hydrogen) atoms. The van der Waals surface area contributed by atoms with E-state index >= 15 is 0 Å². The van der Waals surface area contributed by atoms with Gasteiger partial charge in [-0.05, 0) is 36.2 Å². The highest BCUT2D eigenvalue weighted by atomic mass is 35.5. The van der Waals surface area contributed by atoms with E-state index in [-0.39, 0.29) is 29.8 Å². The van der Waals surface area contributed by atoms with Crippen molar-refractivity contribution >= 4 is 17.3 Å². The second kappa shape index (κ2) is 11.4. The molecule has 2 aromatic rings. The third-order valence-electron chi connectivity index (χ3n) is 5.17. The predicted molar refractivity (Wildman–Crippen MR) is 117 cm³/mol. The molecular formula is C23H27ClF3N3O. The van der Waals surface area contributed by atoms with Crippen LogP contribution in [0.15, 0.2) is 42.5 Å². The molecule has 1 heterocycles. The van der Waals surface area contributed by atoms with Crippen molar-refractivity contribution in [1.29, 1.82) is 5.26 Å². The monoisotopic (exact) mass is 453 g/mol. The van der Waals surface area contributed by atoms with Gasteiger partial charge in [0.2, 0.25) is 0 Å². The van der Waals surface area contributed by atoms with E-state index in [0.29, 0.717) is 24.3 Å². The third kappa shape index (κ3) is 6.36. The summed E-state index contributed by atoms with van der Waals surface area (Å²) >= 11 is 6.19. The number of rotatable bonds is 6. The first-order valence-electron chi connectivity index (χ1n) is 10.3. The topological polar surface area (TPSA) is 50.5 Å². The first kappa shape index (κ1) is 25.0. The Kier molecular flexibility index (Phi) is 9.17. The second-order valence-corrected chi connectivity index (χ2v) is 7.43. The van der Waals surface area contributed by atoms with Crippen LogP contribution in [-0.2, 0) is 12.7 Å². The van der Waals surface area contributed by atoms with Crippen LogP contribution in [0.3, 0.4) is 0 Å². The van der Waals surface area contributed by atoms with E-state index in [1.807, 2.05) is 24.8 Å². The fraction of sp³-hybridized carbons (Fsp3) is 0.435. The smallest absolute Gasteiger partial charge is 0.395 e. The van der Waals surface area contributed by atoms with E-state index in [4.69, 9.17) is 16.9 Å². The molecule has 168 valence electrons. The quantitative estimate of drug-likeness (QED) is 0.642. The van der Waals surface area contributed by atoms with Crippen LogP contribution in [0.25, 0.3) is 0 Å². The number of likely N-dealkylation sites (tertiary alicyclic amines) is 1. The molecule has 0 radical (unpaired) electrons. The summed E-state index contributed by atoms with van der Waals surface area (Å²) in [5, 5.41) is 18.6. The lowest BCUT2D eigenvalue weighted by Crippen LogP contribution is -2.38. The van der Waals surface area contributed by atoms with E-state index < -0.39 is 11.7 Å². The summed E-state index contributed by atoms with van der Waals surface area (Å²) in [5.41, 5.74) is 0.511. The van der Waals surface area contributed by atoms with Crippen LogP contribution in [0, 0.1) is 11.3 Å². The Balaban J connectivity index is 0.00000166. The number of aliphatic hydroxyl groups is 1. The molecule has 0 saturated carbocycles. The Labute approximate surface area is 186 Å². The molecule has 0 aromatic heterocycles. The van der Waals surface area contributed by atoms with E-state index in [9.17, 15) is 18.3 Å². The van der Waals surface area contributed by atoms with Gasteiger partial charge in [-0.3, -0.25) is 4.90 Å². The molecule has 1 aliphatic heterocycles. The molecule has 2 aromatic carbocycles. The van der Waals surface area contributed by atoms with Gasteiger partial charge in [0.15, 0.2) is 0 Å². The van der Waals surface area contributed by atoms with Crippen molar-refractivity contribution < 1.29 is 18.3 Å². The molecule has 0 spiro atoms. The summed E-state index contributed by atoms with van der Waals surface area (Å²) in [5.74, 6) is 0. The van der Waals surface area contributed by atoms with Crippen molar-refractivity contribution in [3.63, 3.8) is 0 Å². The van der Waals surface area contributed by atoms with Gasteiger partial charge in [0, 0.05) is 37.9 Å². The predicted octanol–water partition coefficient (Wildman–Crippen LogP) is 5.33. The van der Waals surface area contributed by atoms with Crippen LogP contribution in [0.1, 0.15) is 37.0 Å². The summed E-state index contributed by atoms with van der Waals surface area (Å²) in [6, 6.07) is 12.5. The highest BCUT2D eigenvalue weighted by Crippen LogP contribution is 2.35. The summed E-state index contributed by atoms with van der Waals surface area (Å²) in [4.78, 5) is 3.99. The zero-order chi connectivity index (χ0) is 23.0. The number of halogens is 4. The van der Waals surface area contributed by atoms with E-state index in [0.717, 1.165) is 19.0 Å². The summed E-state index contributed by atoms with van der Waals surface area (Å²) in [6.07, 6.45) is -3.69. The Bertz CT molecular complexity index is 898. The van der Waals surface area contributed by atoms with Crippen LogP contribution in [0.5, 0.6) is 0 Å². The molecule has 1 N–H and O–H groups in total. The fourth-order valence-electron chi connectivity index (χ4n) is 3.73. The maximum absolute atomic E-state index is 13.5. The molecule has 1 atom stereocenters. The molecule has 1 fully saturated rings. The van der Waals surface area contributed by atoms with Crippen LogP contribution in [0.4, 0.5) is 18.9 Å². The number of alkyl halides is 3. The van der Waals surface area contributed by atoms with Crippen LogP contribution < -0.4 is 4.90 Å². The lowest BCUT2D eigenvalue weighted by atomic mass is 10.0. The van der Waals surface area contributed by atoms with Crippen molar-refractivity contribution in [2.45, 2.75) is 39.0 Å². The highest BCUT2D eigenvalue weighted by Gasteiger charge is 2.35. The van der Waals surface area contributed by atoms with Gasteiger partial charge < -0.3 is 10.0 Å². The van der Waals surface area contributed by atoms with E-state index in [1.54, 1.807) is 24.3 Å². The minimum absolute atomic E-state index is 0.0340. The van der Waals surface area contributed by atoms with Gasteiger partial charge in [-0.25, -0.2) is 0 Å². The van der Waals surface area contributed by atoms with Crippen LogP contribution in [-0.4, -0.2) is 42.3 Å². The first-order chi connectivity index (χ1) is 14.8. The number of benzene rings is 2. The highest BCUT2D eigenvalue weighted by molar-refractivity contribution is 6.32. The maximum Gasteiger partial charge on any atom is 0.416 e. The van der Waals surface area contributed by atoms with Crippen molar-refractivity contribution in [3.05, 3.63) is 64.2 Å². The molecule has 3 rings (SSSR count). The van der Waals surface area contributed by atoms with Gasteiger partial charge in [-0.2, -0.15) is 18.4 Å². The summed E-state index contributed by atoms with van der Waals surface area (Å²) in [7, 11) is 0. The average Bonchev–Trinajstić information content (AvgIpc) is 3.21. The molecule has 0 aliphatic carbocycles. The van der Waals surface area contributed by atoms with Crippen molar-refractivity contribution in [2.24, 2.45) is 0 Å². The summed E-state index contributed by atoms with van der Waals surface area (Å²) < 4.78 is 40.5. The minimum atomic E-state index is -4.44. The van der Waals surface area contributed by atoms with Gasteiger partial charge in [0.05, 0.1) is 22.8 Å². The number of β-amino-alcohol motifs (C(OH)–C–C–N with tert-alkyl or cyclic N) is 1. The summed E-state index contributed by atoms with van der Waals surface area (Å²) in [6.45, 7) is 6.01. The zero-order valence-electron chi connectivity index (χ0n) is 17.7. The lowest BCUT2D eigenvalue weighted by Gasteiger charge is -2.32. The molecule has 0 amide bonds. The lowest BCUT2D eigenvalue weighted by molar-refractivity contribution is -0.138. The third-order valence-corrected chi connectivity index (χ3v) is 5.49. The van der Waals surface area contributed by atoms with Crippen molar-refractivity contribution in [2.75, 3.05) is 31.1 Å². The number of nitrogens with zero attached hydrogens (tertiary/aromatic N) is 3. The molecule has 1 unspecified atom stereocenters. The Morgan fingerprint density at radius 2 is 1.94 bits per heavy atom. The molecule has 4 nitrogen and oxygen atoms in total. The van der Waals surface area contributed by atoms with Crippen molar-refractivity contribution in [1.82, 2.24) is 4.90 Å². The van der Waals surface area contributed by atoms with Crippen LogP contribution >= 0.6 is 11.6 Å². The number of hydrogen-bond donors (Lipinski definition) is 1. The number of aliphatic hydroxyl groups excluding tert-OH is 1. The van der Waals surface area contributed by atoms with E-state index in [2.05, 4.69) is 4.90 Å². The number of anilines is 1. The van der Waals surface area contributed by atoms with Gasteiger partial charge in [-0.15, -0.1) is 0 Å². The van der Waals surface area contributed by atoms with Crippen molar-refractivity contribution in [3.8, 4) is 6.07 Å². The molecule has 0 bridgehead atoms. The van der Waals surface area contributed by atoms with Crippen LogP contribution in [0.2, 0.25) is 5.02 Å². The van der Waals surface area contributed by atoms with Gasteiger partial charge in [-0.1, -0.05) is 43.6 Å². The molecule has 1 aliphatic rings. The molecule has 8 heteroatoms. The zero-order valence-corrected chi connectivity index (χ0v) is 18.4. The second-order valence-electron chi connectivity index (χ2n) is 7.03. The van der Waals surface area contributed by atoms with Gasteiger partial charge in [0.25, 0.3) is 0 Å². The minimum Gasteiger partial charge on any atom is -0.395 e. The Hall–Kier alpha value is -2.27. The average molecular weight is 454 g/mol. The van der Waals surface area contributed by atoms with Gasteiger partial charge in [0.1, 0.15) is 6.07 Å². The standard InChI is InChI=1S/C21H21ClF3N3O.C2H6/c22-20-11-17(6-5-15(20)12-26)28(18-7-8-27(14-18)9-10-29)13-16-3-1-2-4-19(16)21(23,24)25;1-2/h1-6,11,18,29H,7-10,13-14H2;1-2H3. The molecular weight excluding hydrogens is 427 g/mol. The first-order valence-corrected chi connectivity index (χ1v) is 10.7. The van der Waals surface area contributed by atoms with Gasteiger partial charge >= 0.3 is 6.18 Å². The molecule has 1 saturated heterocycles. The number of hydrogen-bond acceptors (Lipinski definition) is 4. The normalized spacial score (nSPS) is 16.4. The SMILES string of the molecule is CC.N#Cc1ccc(N(Cc2ccccc2C(F)(F)F)C2CCN(CCO)C2)cc1Cl. The Morgan fingerprint density at radius 3 is 2.55 bits per heavy atom. The maximum atomic E-state index is 13.5. The number of nitriles is 1.